The zero-order chi connectivity index (χ0) is 15.7. The van der Waals surface area contributed by atoms with Crippen molar-refractivity contribution in [3.8, 4) is 0 Å². The lowest BCUT2D eigenvalue weighted by molar-refractivity contribution is 0.172. The fourth-order valence-electron chi connectivity index (χ4n) is 2.76. The number of likely N-dealkylation sites (tertiary alicyclic amines) is 1. The smallest absolute Gasteiger partial charge is 0.240 e. The maximum atomic E-state index is 12.0. The van der Waals surface area contributed by atoms with Crippen LogP contribution in [0, 0.1) is 0 Å². The molecule has 0 amide bonds. The summed E-state index contributed by atoms with van der Waals surface area (Å²) in [6, 6.07) is -0.00756. The molecule has 1 saturated heterocycles. The molecule has 1 aromatic rings. The predicted octanol–water partition coefficient (Wildman–Crippen LogP) is 1.24. The summed E-state index contributed by atoms with van der Waals surface area (Å²) in [6.07, 6.45) is 3.46. The van der Waals surface area contributed by atoms with Gasteiger partial charge in [0.15, 0.2) is 5.82 Å². The summed E-state index contributed by atoms with van der Waals surface area (Å²) >= 11 is 0. The lowest BCUT2D eigenvalue weighted by Crippen LogP contribution is -2.48. The minimum absolute atomic E-state index is 0.00756. The van der Waals surface area contributed by atoms with Gasteiger partial charge in [0.25, 0.3) is 0 Å². The van der Waals surface area contributed by atoms with Crippen molar-refractivity contribution in [2.24, 2.45) is 0 Å². The summed E-state index contributed by atoms with van der Waals surface area (Å²) < 4.78 is 32.2. The molecular weight excluding hydrogens is 304 g/mol. The Morgan fingerprint density at radius 3 is 2.77 bits per heavy atom. The van der Waals surface area contributed by atoms with Gasteiger partial charge in [-0.1, -0.05) is 19.0 Å². The van der Waals surface area contributed by atoms with Gasteiger partial charge in [0.2, 0.25) is 15.9 Å². The second-order valence-corrected chi connectivity index (χ2v) is 8.63. The number of nitrogens with zero attached hydrogens (tertiary/aromatic N) is 3. The minimum atomic E-state index is -3.12. The highest BCUT2D eigenvalue weighted by Gasteiger charge is 2.37. The van der Waals surface area contributed by atoms with Gasteiger partial charge in [0.1, 0.15) is 0 Å². The Morgan fingerprint density at radius 1 is 1.36 bits per heavy atom. The molecule has 0 bridgehead atoms. The lowest BCUT2D eigenvalue weighted by atomic mass is 10.1. The quantitative estimate of drug-likeness (QED) is 0.845. The summed E-state index contributed by atoms with van der Waals surface area (Å²) in [5.41, 5.74) is 0. The Labute approximate surface area is 131 Å². The summed E-state index contributed by atoms with van der Waals surface area (Å²) in [7, 11) is -3.12. The van der Waals surface area contributed by atoms with Crippen molar-refractivity contribution in [1.29, 1.82) is 0 Å². The van der Waals surface area contributed by atoms with E-state index in [4.69, 9.17) is 4.52 Å². The Morgan fingerprint density at radius 2 is 2.14 bits per heavy atom. The Balaban J connectivity index is 1.55. The van der Waals surface area contributed by atoms with E-state index in [1.165, 1.54) is 0 Å². The topological polar surface area (TPSA) is 88.3 Å². The van der Waals surface area contributed by atoms with E-state index >= 15 is 0 Å². The van der Waals surface area contributed by atoms with Gasteiger partial charge < -0.3 is 4.52 Å². The van der Waals surface area contributed by atoms with Crippen LogP contribution in [0.4, 0.5) is 0 Å². The minimum Gasteiger partial charge on any atom is -0.338 e. The number of hydrogen-bond donors (Lipinski definition) is 1. The molecule has 3 rings (SSSR count). The van der Waals surface area contributed by atoms with Gasteiger partial charge in [-0.15, -0.1) is 0 Å². The molecule has 2 heterocycles. The number of piperidine rings is 1. The summed E-state index contributed by atoms with van der Waals surface area (Å²) in [6.45, 7) is 6.27. The van der Waals surface area contributed by atoms with Crippen molar-refractivity contribution >= 4 is 10.0 Å². The first-order valence-electron chi connectivity index (χ1n) is 8.00. The standard InChI is InChI=1S/C14H24N4O3S/c1-10(2)14-15-13(21-16-14)9-18-7-3-4-11(8-18)17-22(19,20)12-5-6-12/h10-12,17H,3-9H2,1-2H3. The van der Waals surface area contributed by atoms with Crippen LogP contribution in [0.25, 0.3) is 0 Å². The van der Waals surface area contributed by atoms with Crippen molar-refractivity contribution in [3.05, 3.63) is 11.7 Å². The van der Waals surface area contributed by atoms with Crippen LogP contribution in [0.1, 0.15) is 57.2 Å². The molecule has 1 aliphatic heterocycles. The fraction of sp³-hybridized carbons (Fsp3) is 0.857. The van der Waals surface area contributed by atoms with Gasteiger partial charge in [-0.05, 0) is 32.2 Å². The Hall–Kier alpha value is -0.990. The molecule has 0 aromatic carbocycles. The Kier molecular flexibility index (Phi) is 4.52. The van der Waals surface area contributed by atoms with E-state index in [2.05, 4.69) is 19.8 Å². The van der Waals surface area contributed by atoms with Gasteiger partial charge in [-0.2, -0.15) is 4.98 Å². The monoisotopic (exact) mass is 328 g/mol. The van der Waals surface area contributed by atoms with Gasteiger partial charge in [-0.3, -0.25) is 4.90 Å². The molecule has 7 nitrogen and oxygen atoms in total. The van der Waals surface area contributed by atoms with Crippen molar-refractivity contribution in [1.82, 2.24) is 19.8 Å². The zero-order valence-electron chi connectivity index (χ0n) is 13.2. The highest BCUT2D eigenvalue weighted by Crippen LogP contribution is 2.28. The number of rotatable bonds is 6. The van der Waals surface area contributed by atoms with Crippen LogP contribution in [0.3, 0.4) is 0 Å². The van der Waals surface area contributed by atoms with E-state index in [1.54, 1.807) is 0 Å². The Bertz CT molecular complexity index is 609. The van der Waals surface area contributed by atoms with E-state index in [1.807, 2.05) is 13.8 Å². The first-order chi connectivity index (χ1) is 10.4. The number of sulfonamides is 1. The van der Waals surface area contributed by atoms with Gasteiger partial charge in [0, 0.05) is 18.5 Å². The van der Waals surface area contributed by atoms with E-state index in [-0.39, 0.29) is 17.2 Å². The molecule has 0 radical (unpaired) electrons. The lowest BCUT2D eigenvalue weighted by Gasteiger charge is -2.31. The second-order valence-electron chi connectivity index (χ2n) is 6.64. The number of aromatic nitrogens is 2. The SMILES string of the molecule is CC(C)c1noc(CN2CCCC(NS(=O)(=O)C3CC3)C2)n1. The summed E-state index contributed by atoms with van der Waals surface area (Å²) in [5.74, 6) is 1.57. The third-order valence-corrected chi connectivity index (χ3v) is 6.17. The molecule has 1 aromatic heterocycles. The molecule has 1 saturated carbocycles. The molecule has 2 fully saturated rings. The van der Waals surface area contributed by atoms with E-state index in [0.29, 0.717) is 19.0 Å². The normalized spacial score (nSPS) is 24.0. The predicted molar refractivity (Wildman–Crippen MR) is 81.8 cm³/mol. The van der Waals surface area contributed by atoms with Crippen LogP contribution in [0.5, 0.6) is 0 Å². The van der Waals surface area contributed by atoms with Crippen molar-refractivity contribution in [3.63, 3.8) is 0 Å². The molecule has 1 N–H and O–H groups in total. The molecule has 1 aliphatic carbocycles. The molecule has 8 heteroatoms. The van der Waals surface area contributed by atoms with Crippen molar-refractivity contribution in [2.75, 3.05) is 13.1 Å². The van der Waals surface area contributed by atoms with Gasteiger partial charge in [-0.25, -0.2) is 13.1 Å². The van der Waals surface area contributed by atoms with Gasteiger partial charge >= 0.3 is 0 Å². The first kappa shape index (κ1) is 15.9. The van der Waals surface area contributed by atoms with Crippen molar-refractivity contribution < 1.29 is 12.9 Å². The van der Waals surface area contributed by atoms with Crippen LogP contribution in [0.15, 0.2) is 4.52 Å². The van der Waals surface area contributed by atoms with E-state index < -0.39 is 10.0 Å². The molecule has 2 aliphatic rings. The second kappa shape index (κ2) is 6.25. The first-order valence-corrected chi connectivity index (χ1v) is 9.54. The van der Waals surface area contributed by atoms with Crippen LogP contribution in [-0.4, -0.2) is 47.8 Å². The number of hydrogen-bond acceptors (Lipinski definition) is 6. The molecule has 124 valence electrons. The van der Waals surface area contributed by atoms with Crippen molar-refractivity contribution in [2.45, 2.75) is 63.3 Å². The highest BCUT2D eigenvalue weighted by atomic mass is 32.2. The molecule has 22 heavy (non-hydrogen) atoms. The van der Waals surface area contributed by atoms with Crippen LogP contribution in [-0.2, 0) is 16.6 Å². The third kappa shape index (κ3) is 3.85. The summed E-state index contributed by atoms with van der Waals surface area (Å²) in [5, 5.41) is 3.81. The maximum absolute atomic E-state index is 12.0. The van der Waals surface area contributed by atoms with Gasteiger partial charge in [0.05, 0.1) is 11.8 Å². The van der Waals surface area contributed by atoms with Crippen LogP contribution in [0.2, 0.25) is 0 Å². The van der Waals surface area contributed by atoms with E-state index in [9.17, 15) is 8.42 Å². The average Bonchev–Trinajstić information content (AvgIpc) is 3.20. The average molecular weight is 328 g/mol. The number of nitrogens with one attached hydrogen (secondary N) is 1. The van der Waals surface area contributed by atoms with Crippen LogP contribution >= 0.6 is 0 Å². The maximum Gasteiger partial charge on any atom is 0.240 e. The van der Waals surface area contributed by atoms with E-state index in [0.717, 1.165) is 38.1 Å². The molecule has 1 atom stereocenters. The summed E-state index contributed by atoms with van der Waals surface area (Å²) in [4.78, 5) is 6.57. The molecule has 0 spiro atoms. The third-order valence-electron chi connectivity index (χ3n) is 4.16. The highest BCUT2D eigenvalue weighted by molar-refractivity contribution is 7.90. The largest absolute Gasteiger partial charge is 0.338 e. The molecule has 1 unspecified atom stereocenters. The fourth-order valence-corrected chi connectivity index (χ4v) is 4.37. The molecular formula is C14H24N4O3S. The van der Waals surface area contributed by atoms with Crippen LogP contribution < -0.4 is 4.72 Å². The zero-order valence-corrected chi connectivity index (χ0v) is 14.0.